The lowest BCUT2D eigenvalue weighted by molar-refractivity contribution is -0.139. The fourth-order valence-corrected chi connectivity index (χ4v) is 1.27. The highest BCUT2D eigenvalue weighted by Gasteiger charge is 2.16. The number of nitrogens with one attached hydrogen (secondary N) is 1. The molecule has 17 heavy (non-hydrogen) atoms. The van der Waals surface area contributed by atoms with E-state index in [1.54, 1.807) is 12.1 Å². The second-order valence-electron chi connectivity index (χ2n) is 3.43. The number of hydrogen-bond donors (Lipinski definition) is 3. The summed E-state index contributed by atoms with van der Waals surface area (Å²) in [5.41, 5.74) is 6.04. The number of ether oxygens (including phenoxy) is 1. The number of carbonyl (C=O) groups excluding carboxylic acids is 1. The minimum absolute atomic E-state index is 0.0485. The van der Waals surface area contributed by atoms with E-state index in [9.17, 15) is 9.59 Å². The minimum atomic E-state index is -1.01. The molecule has 0 aliphatic carbocycles. The molecule has 1 unspecified atom stereocenters. The van der Waals surface area contributed by atoms with E-state index in [4.69, 9.17) is 15.6 Å². The third kappa shape index (κ3) is 3.76. The Morgan fingerprint density at radius 3 is 2.41 bits per heavy atom. The Kier molecular flexibility index (Phi) is 4.47. The standard InChI is InChI=1S/C11H14N2O4/c1-17-6-9(11(15)16)13-8-4-2-7(3-5-8)10(12)14/h2-5,9,13H,6H2,1H3,(H2,12,14)(H,15,16). The van der Waals surface area contributed by atoms with Gasteiger partial charge in [0.15, 0.2) is 0 Å². The average Bonchev–Trinajstić information content (AvgIpc) is 2.29. The number of hydrogen-bond acceptors (Lipinski definition) is 4. The van der Waals surface area contributed by atoms with Gasteiger partial charge < -0.3 is 20.9 Å². The summed E-state index contributed by atoms with van der Waals surface area (Å²) < 4.78 is 4.78. The summed E-state index contributed by atoms with van der Waals surface area (Å²) in [6.07, 6.45) is 0. The Balaban J connectivity index is 2.73. The van der Waals surface area contributed by atoms with Crippen LogP contribution in [-0.4, -0.2) is 36.7 Å². The molecule has 0 fully saturated rings. The van der Waals surface area contributed by atoms with Gasteiger partial charge in [-0.2, -0.15) is 0 Å². The van der Waals surface area contributed by atoms with Crippen molar-refractivity contribution in [3.8, 4) is 0 Å². The summed E-state index contributed by atoms with van der Waals surface area (Å²) in [4.78, 5) is 21.7. The Morgan fingerprint density at radius 2 is 2.00 bits per heavy atom. The molecular weight excluding hydrogens is 224 g/mol. The van der Waals surface area contributed by atoms with E-state index in [0.29, 0.717) is 11.3 Å². The van der Waals surface area contributed by atoms with Gasteiger partial charge in [0.05, 0.1) is 6.61 Å². The van der Waals surface area contributed by atoms with Crippen molar-refractivity contribution >= 4 is 17.6 Å². The molecule has 1 aromatic carbocycles. The van der Waals surface area contributed by atoms with Crippen molar-refractivity contribution in [2.45, 2.75) is 6.04 Å². The number of methoxy groups -OCH3 is 1. The van der Waals surface area contributed by atoms with Gasteiger partial charge in [0, 0.05) is 18.4 Å². The van der Waals surface area contributed by atoms with Crippen LogP contribution in [0.1, 0.15) is 10.4 Å². The number of benzene rings is 1. The molecule has 6 heteroatoms. The number of anilines is 1. The van der Waals surface area contributed by atoms with Crippen LogP contribution in [0.25, 0.3) is 0 Å². The van der Waals surface area contributed by atoms with Crippen LogP contribution < -0.4 is 11.1 Å². The predicted molar refractivity (Wildman–Crippen MR) is 61.9 cm³/mol. The first-order valence-corrected chi connectivity index (χ1v) is 4.92. The van der Waals surface area contributed by atoms with Gasteiger partial charge in [-0.25, -0.2) is 4.79 Å². The van der Waals surface area contributed by atoms with E-state index in [1.165, 1.54) is 19.2 Å². The van der Waals surface area contributed by atoms with Crippen molar-refractivity contribution in [3.05, 3.63) is 29.8 Å². The molecule has 0 saturated heterocycles. The van der Waals surface area contributed by atoms with Crippen molar-refractivity contribution in [3.63, 3.8) is 0 Å². The maximum atomic E-state index is 10.9. The van der Waals surface area contributed by atoms with Crippen molar-refractivity contribution in [2.24, 2.45) is 5.73 Å². The first-order valence-electron chi connectivity index (χ1n) is 4.92. The van der Waals surface area contributed by atoms with E-state index >= 15 is 0 Å². The summed E-state index contributed by atoms with van der Waals surface area (Å²) in [5.74, 6) is -1.53. The van der Waals surface area contributed by atoms with Crippen LogP contribution in [0.4, 0.5) is 5.69 Å². The molecule has 0 aliphatic heterocycles. The molecule has 0 aliphatic rings. The van der Waals surface area contributed by atoms with Gasteiger partial charge in [0.2, 0.25) is 5.91 Å². The lowest BCUT2D eigenvalue weighted by atomic mass is 10.2. The summed E-state index contributed by atoms with van der Waals surface area (Å²) in [6, 6.07) is 5.39. The van der Waals surface area contributed by atoms with Gasteiger partial charge in [0.25, 0.3) is 0 Å². The Bertz CT molecular complexity index is 402. The van der Waals surface area contributed by atoms with Crippen molar-refractivity contribution in [2.75, 3.05) is 19.0 Å². The van der Waals surface area contributed by atoms with E-state index in [2.05, 4.69) is 5.32 Å². The van der Waals surface area contributed by atoms with Gasteiger partial charge in [-0.3, -0.25) is 4.79 Å². The number of nitrogens with two attached hydrogens (primary N) is 1. The Hall–Kier alpha value is -2.08. The summed E-state index contributed by atoms with van der Waals surface area (Å²) in [5, 5.41) is 11.7. The normalized spacial score (nSPS) is 11.8. The fraction of sp³-hybridized carbons (Fsp3) is 0.273. The van der Waals surface area contributed by atoms with Crippen molar-refractivity contribution in [1.82, 2.24) is 0 Å². The predicted octanol–water partition coefficient (Wildman–Crippen LogP) is 0.297. The molecule has 1 amide bonds. The quantitative estimate of drug-likeness (QED) is 0.661. The third-order valence-electron chi connectivity index (χ3n) is 2.14. The van der Waals surface area contributed by atoms with Crippen molar-refractivity contribution in [1.29, 1.82) is 0 Å². The number of aliphatic carboxylic acids is 1. The number of rotatable bonds is 6. The second kappa shape index (κ2) is 5.86. The highest BCUT2D eigenvalue weighted by molar-refractivity contribution is 5.93. The molecule has 0 heterocycles. The highest BCUT2D eigenvalue weighted by atomic mass is 16.5. The molecule has 0 saturated carbocycles. The molecular formula is C11H14N2O4. The molecule has 0 bridgehead atoms. The zero-order chi connectivity index (χ0) is 12.8. The lowest BCUT2D eigenvalue weighted by Gasteiger charge is -2.14. The summed E-state index contributed by atoms with van der Waals surface area (Å²) in [7, 11) is 1.42. The summed E-state index contributed by atoms with van der Waals surface area (Å²) >= 11 is 0. The Morgan fingerprint density at radius 1 is 1.41 bits per heavy atom. The van der Waals surface area contributed by atoms with Gasteiger partial charge in [0.1, 0.15) is 6.04 Å². The van der Waals surface area contributed by atoms with Crippen LogP contribution in [0, 0.1) is 0 Å². The molecule has 1 atom stereocenters. The molecule has 92 valence electrons. The molecule has 1 aromatic rings. The number of primary amides is 1. The first kappa shape index (κ1) is 13.0. The van der Waals surface area contributed by atoms with Gasteiger partial charge in [-0.1, -0.05) is 0 Å². The fourth-order valence-electron chi connectivity index (χ4n) is 1.27. The molecule has 0 aromatic heterocycles. The van der Waals surface area contributed by atoms with Crippen LogP contribution in [0.3, 0.4) is 0 Å². The van der Waals surface area contributed by atoms with Crippen LogP contribution in [-0.2, 0) is 9.53 Å². The lowest BCUT2D eigenvalue weighted by Crippen LogP contribution is -2.33. The summed E-state index contributed by atoms with van der Waals surface area (Å²) in [6.45, 7) is 0.0485. The zero-order valence-electron chi connectivity index (χ0n) is 9.34. The number of carboxylic acid groups (broad SMARTS) is 1. The topological polar surface area (TPSA) is 102 Å². The molecule has 0 spiro atoms. The average molecular weight is 238 g/mol. The second-order valence-corrected chi connectivity index (χ2v) is 3.43. The Labute approximate surface area is 98.4 Å². The van der Waals surface area contributed by atoms with E-state index in [-0.39, 0.29) is 6.61 Å². The van der Waals surface area contributed by atoms with Gasteiger partial charge in [-0.05, 0) is 24.3 Å². The van der Waals surface area contributed by atoms with Crippen molar-refractivity contribution < 1.29 is 19.4 Å². The van der Waals surface area contributed by atoms with Crippen LogP contribution in [0.5, 0.6) is 0 Å². The van der Waals surface area contributed by atoms with E-state index < -0.39 is 17.9 Å². The van der Waals surface area contributed by atoms with Gasteiger partial charge in [-0.15, -0.1) is 0 Å². The van der Waals surface area contributed by atoms with Crippen LogP contribution in [0.2, 0.25) is 0 Å². The van der Waals surface area contributed by atoms with Crippen LogP contribution >= 0.6 is 0 Å². The van der Waals surface area contributed by atoms with Gasteiger partial charge >= 0.3 is 5.97 Å². The van der Waals surface area contributed by atoms with E-state index in [0.717, 1.165) is 0 Å². The number of amides is 1. The largest absolute Gasteiger partial charge is 0.480 e. The maximum absolute atomic E-state index is 10.9. The molecule has 0 radical (unpaired) electrons. The SMILES string of the molecule is COCC(Nc1ccc(C(N)=O)cc1)C(=O)O. The minimum Gasteiger partial charge on any atom is -0.480 e. The first-order chi connectivity index (χ1) is 8.04. The molecule has 4 N–H and O–H groups in total. The molecule has 6 nitrogen and oxygen atoms in total. The monoisotopic (exact) mass is 238 g/mol. The molecule has 1 rings (SSSR count). The smallest absolute Gasteiger partial charge is 0.328 e. The zero-order valence-corrected chi connectivity index (χ0v) is 9.34. The number of carbonyl (C=O) groups is 2. The number of carboxylic acids is 1. The highest BCUT2D eigenvalue weighted by Crippen LogP contribution is 2.10. The maximum Gasteiger partial charge on any atom is 0.328 e. The van der Waals surface area contributed by atoms with E-state index in [1.807, 2.05) is 0 Å². The third-order valence-corrected chi connectivity index (χ3v) is 2.14. The van der Waals surface area contributed by atoms with Crippen LogP contribution in [0.15, 0.2) is 24.3 Å².